The van der Waals surface area contributed by atoms with Crippen LogP contribution in [0.25, 0.3) is 0 Å². The van der Waals surface area contributed by atoms with Gasteiger partial charge in [0.15, 0.2) is 0 Å². The molecule has 3 atom stereocenters. The van der Waals surface area contributed by atoms with E-state index in [0.29, 0.717) is 18.7 Å². The molecule has 1 aliphatic carbocycles. The Morgan fingerprint density at radius 3 is 2.89 bits per heavy atom. The summed E-state index contributed by atoms with van der Waals surface area (Å²) < 4.78 is 5.43. The zero-order valence-electron chi connectivity index (χ0n) is 11.4. The van der Waals surface area contributed by atoms with Crippen LogP contribution in [0, 0.1) is 6.92 Å². The van der Waals surface area contributed by atoms with Crippen molar-refractivity contribution in [2.75, 3.05) is 13.7 Å². The normalized spacial score (nSPS) is 31.4. The molecule has 5 heteroatoms. The minimum Gasteiger partial charge on any atom is -0.381 e. The van der Waals surface area contributed by atoms with E-state index in [4.69, 9.17) is 4.74 Å². The van der Waals surface area contributed by atoms with E-state index in [1.807, 2.05) is 4.90 Å². The number of carbonyl (C=O) groups is 1. The van der Waals surface area contributed by atoms with Gasteiger partial charge in [-0.1, -0.05) is 0 Å². The van der Waals surface area contributed by atoms with Gasteiger partial charge in [0.05, 0.1) is 12.6 Å². The molecule has 4 nitrogen and oxygen atoms in total. The molecule has 1 aliphatic heterocycles. The SMILES string of the molecule is COC1CCC(N2C(=O)CNC2c2ccc(C)s2)C1. The molecule has 3 unspecified atom stereocenters. The van der Waals surface area contributed by atoms with Gasteiger partial charge in [-0.25, -0.2) is 0 Å². The highest BCUT2D eigenvalue weighted by Crippen LogP contribution is 2.35. The lowest BCUT2D eigenvalue weighted by atomic mass is 10.2. The maximum atomic E-state index is 12.2. The Labute approximate surface area is 117 Å². The van der Waals surface area contributed by atoms with Crippen molar-refractivity contribution in [3.05, 3.63) is 21.9 Å². The van der Waals surface area contributed by atoms with Gasteiger partial charge in [-0.15, -0.1) is 11.3 Å². The molecule has 1 amide bonds. The van der Waals surface area contributed by atoms with Crippen molar-refractivity contribution < 1.29 is 9.53 Å². The van der Waals surface area contributed by atoms with Crippen LogP contribution in [0.5, 0.6) is 0 Å². The van der Waals surface area contributed by atoms with Gasteiger partial charge >= 0.3 is 0 Å². The maximum absolute atomic E-state index is 12.2. The highest BCUT2D eigenvalue weighted by atomic mass is 32.1. The molecule has 1 saturated heterocycles. The van der Waals surface area contributed by atoms with Crippen LogP contribution in [0.15, 0.2) is 12.1 Å². The fourth-order valence-electron chi connectivity index (χ4n) is 3.15. The van der Waals surface area contributed by atoms with Crippen LogP contribution in [-0.2, 0) is 9.53 Å². The van der Waals surface area contributed by atoms with Gasteiger partial charge in [0.1, 0.15) is 6.17 Å². The molecule has 104 valence electrons. The lowest BCUT2D eigenvalue weighted by molar-refractivity contribution is -0.130. The lowest BCUT2D eigenvalue weighted by Gasteiger charge is -2.29. The second-order valence-electron chi connectivity index (χ2n) is 5.36. The van der Waals surface area contributed by atoms with Gasteiger partial charge < -0.3 is 9.64 Å². The van der Waals surface area contributed by atoms with Crippen molar-refractivity contribution >= 4 is 17.2 Å². The van der Waals surface area contributed by atoms with Crippen molar-refractivity contribution in [1.82, 2.24) is 10.2 Å². The quantitative estimate of drug-likeness (QED) is 0.921. The zero-order valence-corrected chi connectivity index (χ0v) is 12.2. The van der Waals surface area contributed by atoms with Gasteiger partial charge in [-0.3, -0.25) is 10.1 Å². The van der Waals surface area contributed by atoms with Crippen molar-refractivity contribution in [1.29, 1.82) is 0 Å². The average Bonchev–Trinajstić information content (AvgIpc) is 3.08. The van der Waals surface area contributed by atoms with Crippen LogP contribution in [0.4, 0.5) is 0 Å². The summed E-state index contributed by atoms with van der Waals surface area (Å²) in [7, 11) is 1.76. The van der Waals surface area contributed by atoms with Crippen LogP contribution >= 0.6 is 11.3 Å². The summed E-state index contributed by atoms with van der Waals surface area (Å²) in [5.74, 6) is 0.220. The summed E-state index contributed by atoms with van der Waals surface area (Å²) in [6.07, 6.45) is 3.44. The lowest BCUT2D eigenvalue weighted by Crippen LogP contribution is -2.38. The second kappa shape index (κ2) is 5.23. The zero-order chi connectivity index (χ0) is 13.4. The Kier molecular flexibility index (Phi) is 3.60. The third kappa shape index (κ3) is 2.42. The minimum absolute atomic E-state index is 0.0619. The first-order chi connectivity index (χ1) is 9.19. The molecular formula is C14H20N2O2S. The van der Waals surface area contributed by atoms with Gasteiger partial charge in [-0.05, 0) is 38.3 Å². The number of thiophene rings is 1. The molecule has 1 aromatic heterocycles. The Morgan fingerprint density at radius 2 is 2.26 bits per heavy atom. The van der Waals surface area contributed by atoms with Crippen LogP contribution in [0.3, 0.4) is 0 Å². The van der Waals surface area contributed by atoms with E-state index < -0.39 is 0 Å². The fourth-order valence-corrected chi connectivity index (χ4v) is 4.11. The summed E-state index contributed by atoms with van der Waals surface area (Å²) in [5, 5.41) is 3.34. The molecule has 3 rings (SSSR count). The highest BCUT2D eigenvalue weighted by molar-refractivity contribution is 7.12. The predicted molar refractivity (Wildman–Crippen MR) is 75.1 cm³/mol. The standard InChI is InChI=1S/C14H20N2O2S/c1-9-3-6-12(19-9)14-15-8-13(17)16(14)10-4-5-11(7-10)18-2/h3,6,10-11,14-15H,4-5,7-8H2,1-2H3. The van der Waals surface area contributed by atoms with Gasteiger partial charge in [0, 0.05) is 22.9 Å². The van der Waals surface area contributed by atoms with Crippen molar-refractivity contribution in [2.45, 2.75) is 44.5 Å². The third-order valence-corrected chi connectivity index (χ3v) is 5.18. The van der Waals surface area contributed by atoms with Crippen molar-refractivity contribution in [3.63, 3.8) is 0 Å². The molecule has 0 bridgehead atoms. The first-order valence-electron chi connectivity index (χ1n) is 6.82. The number of amides is 1. The third-order valence-electron chi connectivity index (χ3n) is 4.13. The van der Waals surface area contributed by atoms with Gasteiger partial charge in [0.25, 0.3) is 0 Å². The number of nitrogens with one attached hydrogen (secondary N) is 1. The summed E-state index contributed by atoms with van der Waals surface area (Å²) in [4.78, 5) is 16.7. The molecule has 2 fully saturated rings. The topological polar surface area (TPSA) is 41.6 Å². The van der Waals surface area contributed by atoms with E-state index in [1.165, 1.54) is 9.75 Å². The number of hydrogen-bond donors (Lipinski definition) is 1. The maximum Gasteiger partial charge on any atom is 0.238 e. The van der Waals surface area contributed by atoms with E-state index in [9.17, 15) is 4.79 Å². The molecule has 0 spiro atoms. The molecular weight excluding hydrogens is 260 g/mol. The molecule has 0 radical (unpaired) electrons. The molecule has 2 aliphatic rings. The fraction of sp³-hybridized carbons (Fsp3) is 0.643. The van der Waals surface area contributed by atoms with E-state index in [2.05, 4.69) is 24.4 Å². The number of rotatable bonds is 3. The Bertz CT molecular complexity index is 474. The summed E-state index contributed by atoms with van der Waals surface area (Å²) in [6, 6.07) is 4.57. The largest absolute Gasteiger partial charge is 0.381 e. The Balaban J connectivity index is 1.79. The van der Waals surface area contributed by atoms with E-state index in [0.717, 1.165) is 19.3 Å². The minimum atomic E-state index is 0.0619. The Hall–Kier alpha value is -0.910. The number of aryl methyl sites for hydroxylation is 1. The second-order valence-corrected chi connectivity index (χ2v) is 6.68. The first kappa shape index (κ1) is 13.1. The van der Waals surface area contributed by atoms with E-state index in [1.54, 1.807) is 18.4 Å². The van der Waals surface area contributed by atoms with Crippen LogP contribution in [-0.4, -0.2) is 36.6 Å². The van der Waals surface area contributed by atoms with E-state index in [-0.39, 0.29) is 12.1 Å². The number of methoxy groups -OCH3 is 1. The molecule has 1 saturated carbocycles. The molecule has 1 N–H and O–H groups in total. The number of nitrogens with zero attached hydrogens (tertiary/aromatic N) is 1. The number of carbonyl (C=O) groups excluding carboxylic acids is 1. The first-order valence-corrected chi connectivity index (χ1v) is 7.64. The van der Waals surface area contributed by atoms with Crippen LogP contribution in [0.2, 0.25) is 0 Å². The van der Waals surface area contributed by atoms with Crippen molar-refractivity contribution in [2.24, 2.45) is 0 Å². The number of hydrogen-bond acceptors (Lipinski definition) is 4. The molecule has 19 heavy (non-hydrogen) atoms. The summed E-state index contributed by atoms with van der Waals surface area (Å²) in [6.45, 7) is 2.56. The highest BCUT2D eigenvalue weighted by Gasteiger charge is 2.40. The monoisotopic (exact) mass is 280 g/mol. The van der Waals surface area contributed by atoms with Crippen LogP contribution < -0.4 is 5.32 Å². The van der Waals surface area contributed by atoms with Crippen LogP contribution in [0.1, 0.15) is 35.2 Å². The summed E-state index contributed by atoms with van der Waals surface area (Å²) >= 11 is 1.77. The van der Waals surface area contributed by atoms with E-state index >= 15 is 0 Å². The number of ether oxygens (including phenoxy) is 1. The molecule has 0 aromatic carbocycles. The van der Waals surface area contributed by atoms with Gasteiger partial charge in [0.2, 0.25) is 5.91 Å². The molecule has 1 aromatic rings. The predicted octanol–water partition coefficient (Wildman–Crippen LogP) is 2.05. The molecule has 2 heterocycles. The van der Waals surface area contributed by atoms with Gasteiger partial charge in [-0.2, -0.15) is 0 Å². The summed E-state index contributed by atoms with van der Waals surface area (Å²) in [5.41, 5.74) is 0. The Morgan fingerprint density at radius 1 is 1.42 bits per heavy atom. The average molecular weight is 280 g/mol. The van der Waals surface area contributed by atoms with Crippen molar-refractivity contribution in [3.8, 4) is 0 Å². The smallest absolute Gasteiger partial charge is 0.238 e.